The monoisotopic (exact) mass is 574 g/mol. The largest absolute Gasteiger partial charge is 0.493 e. The highest BCUT2D eigenvalue weighted by Crippen LogP contribution is 2.50. The Bertz CT molecular complexity index is 1480. The van der Waals surface area contributed by atoms with Crippen LogP contribution in [0.1, 0.15) is 56.2 Å². The van der Waals surface area contributed by atoms with E-state index in [-0.39, 0.29) is 23.3 Å². The van der Waals surface area contributed by atoms with Gasteiger partial charge in [-0.1, -0.05) is 12.5 Å². The van der Waals surface area contributed by atoms with Gasteiger partial charge in [-0.25, -0.2) is 0 Å². The van der Waals surface area contributed by atoms with Gasteiger partial charge in [-0.2, -0.15) is 0 Å². The third-order valence-electron chi connectivity index (χ3n) is 7.28. The lowest BCUT2D eigenvalue weighted by Gasteiger charge is -2.19. The molecule has 1 aliphatic carbocycles. The summed E-state index contributed by atoms with van der Waals surface area (Å²) in [4.78, 5) is 41.6. The third kappa shape index (κ3) is 7.18. The fourth-order valence-electron chi connectivity index (χ4n) is 5.32. The topological polar surface area (TPSA) is 128 Å². The number of pyridine rings is 1. The zero-order valence-corrected chi connectivity index (χ0v) is 24.5. The molecule has 1 atom stereocenters. The lowest BCUT2D eigenvalue weighted by atomic mass is 9.95. The highest BCUT2D eigenvalue weighted by molar-refractivity contribution is 5.90. The van der Waals surface area contributed by atoms with Gasteiger partial charge in [0.2, 0.25) is 23.0 Å². The molecule has 3 N–H and O–H groups in total. The van der Waals surface area contributed by atoms with E-state index in [0.29, 0.717) is 54.3 Å². The SMILES string of the molecule is COc1cc2c(c(OC)c1OC)-c1ccc(NCCCCCC(=O)Nc3ccncc3)c(=O)cc1C(NC(C)=O)CC2. The molecule has 10 nitrogen and oxygen atoms in total. The molecule has 0 fully saturated rings. The first kappa shape index (κ1) is 30.4. The number of hydrogen-bond donors (Lipinski definition) is 3. The van der Waals surface area contributed by atoms with Crippen LogP contribution in [-0.2, 0) is 16.0 Å². The van der Waals surface area contributed by atoms with Crippen LogP contribution in [0.3, 0.4) is 0 Å². The van der Waals surface area contributed by atoms with E-state index in [2.05, 4.69) is 20.9 Å². The van der Waals surface area contributed by atoms with Crippen molar-refractivity contribution < 1.29 is 23.8 Å². The Kier molecular flexibility index (Phi) is 10.4. The zero-order valence-electron chi connectivity index (χ0n) is 24.5. The van der Waals surface area contributed by atoms with Crippen LogP contribution in [0.5, 0.6) is 17.2 Å². The number of benzene rings is 1. The Balaban J connectivity index is 1.53. The number of nitrogens with zero attached hydrogens (tertiary/aromatic N) is 1. The first-order valence-corrected chi connectivity index (χ1v) is 14.1. The number of unbranched alkanes of at least 4 members (excludes halogenated alkanes) is 2. The summed E-state index contributed by atoms with van der Waals surface area (Å²) in [5.74, 6) is 1.31. The van der Waals surface area contributed by atoms with Crippen molar-refractivity contribution in [2.24, 2.45) is 0 Å². The molecule has 0 saturated heterocycles. The molecule has 2 amide bonds. The van der Waals surface area contributed by atoms with Crippen molar-refractivity contribution in [2.75, 3.05) is 38.5 Å². The number of aryl methyl sites for hydroxylation is 1. The molecular formula is C32H38N4O6. The molecule has 2 aromatic carbocycles. The number of carbonyl (C=O) groups excluding carboxylic acids is 2. The van der Waals surface area contributed by atoms with Crippen molar-refractivity contribution in [1.82, 2.24) is 10.3 Å². The van der Waals surface area contributed by atoms with Crippen LogP contribution in [0.2, 0.25) is 0 Å². The van der Waals surface area contributed by atoms with Gasteiger partial charge in [-0.05, 0) is 72.7 Å². The number of nitrogens with one attached hydrogen (secondary N) is 3. The maximum Gasteiger partial charge on any atom is 0.224 e. The van der Waals surface area contributed by atoms with Crippen LogP contribution in [0, 0.1) is 0 Å². The van der Waals surface area contributed by atoms with Gasteiger partial charge in [0, 0.05) is 43.5 Å². The van der Waals surface area contributed by atoms with Gasteiger partial charge in [-0.15, -0.1) is 0 Å². The van der Waals surface area contributed by atoms with Gasteiger partial charge < -0.3 is 30.2 Å². The Morgan fingerprint density at radius 2 is 1.71 bits per heavy atom. The second kappa shape index (κ2) is 14.3. The summed E-state index contributed by atoms with van der Waals surface area (Å²) < 4.78 is 17.1. The quantitative estimate of drug-likeness (QED) is 0.262. The summed E-state index contributed by atoms with van der Waals surface area (Å²) in [5.41, 5.74) is 4.29. The van der Waals surface area contributed by atoms with Crippen LogP contribution in [0.25, 0.3) is 11.1 Å². The molecule has 0 aliphatic heterocycles. The number of aromatic nitrogens is 1. The molecule has 1 aliphatic rings. The van der Waals surface area contributed by atoms with E-state index < -0.39 is 0 Å². The molecule has 1 heterocycles. The molecule has 3 aromatic rings. The highest BCUT2D eigenvalue weighted by atomic mass is 16.5. The second-order valence-electron chi connectivity index (χ2n) is 10.1. The van der Waals surface area contributed by atoms with E-state index in [1.165, 1.54) is 6.92 Å². The Labute approximate surface area is 245 Å². The van der Waals surface area contributed by atoms with Gasteiger partial charge in [0.15, 0.2) is 11.5 Å². The minimum Gasteiger partial charge on any atom is -0.493 e. The van der Waals surface area contributed by atoms with Gasteiger partial charge in [0.1, 0.15) is 0 Å². The van der Waals surface area contributed by atoms with Crippen molar-refractivity contribution in [3.63, 3.8) is 0 Å². The molecule has 0 bridgehead atoms. The van der Waals surface area contributed by atoms with Crippen molar-refractivity contribution in [2.45, 2.75) is 51.5 Å². The van der Waals surface area contributed by atoms with E-state index in [1.807, 2.05) is 12.1 Å². The molecule has 0 spiro atoms. The van der Waals surface area contributed by atoms with Crippen LogP contribution < -0.4 is 35.6 Å². The molecular weight excluding hydrogens is 536 g/mol. The van der Waals surface area contributed by atoms with Crippen LogP contribution in [-0.4, -0.2) is 44.7 Å². The van der Waals surface area contributed by atoms with Gasteiger partial charge >= 0.3 is 0 Å². The molecule has 42 heavy (non-hydrogen) atoms. The number of rotatable bonds is 12. The first-order valence-electron chi connectivity index (χ1n) is 14.1. The summed E-state index contributed by atoms with van der Waals surface area (Å²) in [7, 11) is 4.71. The van der Waals surface area contributed by atoms with E-state index in [1.54, 1.807) is 58.0 Å². The minimum absolute atomic E-state index is 0.0359. The van der Waals surface area contributed by atoms with Gasteiger partial charge in [0.05, 0.1) is 33.1 Å². The summed E-state index contributed by atoms with van der Waals surface area (Å²) in [6, 6.07) is 10.4. The van der Waals surface area contributed by atoms with Crippen molar-refractivity contribution in [1.29, 1.82) is 0 Å². The molecule has 4 rings (SSSR count). The van der Waals surface area contributed by atoms with Crippen molar-refractivity contribution in [3.05, 3.63) is 70.1 Å². The molecule has 1 aromatic heterocycles. The Morgan fingerprint density at radius 1 is 0.952 bits per heavy atom. The third-order valence-corrected chi connectivity index (χ3v) is 7.28. The highest BCUT2D eigenvalue weighted by Gasteiger charge is 2.29. The molecule has 0 saturated carbocycles. The lowest BCUT2D eigenvalue weighted by Crippen LogP contribution is -2.26. The van der Waals surface area contributed by atoms with E-state index in [9.17, 15) is 14.4 Å². The Hall–Kier alpha value is -4.60. The number of carbonyl (C=O) groups is 2. The van der Waals surface area contributed by atoms with Crippen LogP contribution in [0.15, 0.2) is 53.6 Å². The lowest BCUT2D eigenvalue weighted by molar-refractivity contribution is -0.119. The van der Waals surface area contributed by atoms with Crippen molar-refractivity contribution in [3.8, 4) is 28.4 Å². The van der Waals surface area contributed by atoms with Crippen LogP contribution >= 0.6 is 0 Å². The summed E-state index contributed by atoms with van der Waals surface area (Å²) in [5, 5.41) is 9.15. The fraction of sp³-hybridized carbons (Fsp3) is 0.375. The van der Waals surface area contributed by atoms with Crippen molar-refractivity contribution >= 4 is 23.2 Å². The number of fused-ring (bicyclic) bond motifs is 3. The van der Waals surface area contributed by atoms with Crippen LogP contribution in [0.4, 0.5) is 11.4 Å². The average Bonchev–Trinajstić information content (AvgIpc) is 3.22. The number of ether oxygens (including phenoxy) is 3. The fourth-order valence-corrected chi connectivity index (χ4v) is 5.32. The number of anilines is 2. The average molecular weight is 575 g/mol. The summed E-state index contributed by atoms with van der Waals surface area (Å²) in [6.45, 7) is 2.05. The molecule has 1 unspecified atom stereocenters. The maximum absolute atomic E-state index is 13.4. The predicted octanol–water partition coefficient (Wildman–Crippen LogP) is 4.87. The molecule has 10 heteroatoms. The molecule has 0 radical (unpaired) electrons. The van der Waals surface area contributed by atoms with E-state index in [0.717, 1.165) is 41.6 Å². The second-order valence-corrected chi connectivity index (χ2v) is 10.1. The smallest absolute Gasteiger partial charge is 0.224 e. The van der Waals surface area contributed by atoms with Gasteiger partial charge in [-0.3, -0.25) is 19.4 Å². The summed E-state index contributed by atoms with van der Waals surface area (Å²) >= 11 is 0. The van der Waals surface area contributed by atoms with E-state index in [4.69, 9.17) is 14.2 Å². The maximum atomic E-state index is 13.4. The predicted molar refractivity (Wildman–Crippen MR) is 163 cm³/mol. The standard InChI is InChI=1S/C32H38N4O6/c1-20(37)35-25-11-9-21-18-28(40-2)31(41-3)32(42-4)30(21)23-10-12-26(27(38)19-24(23)25)34-15-7-5-6-8-29(39)36-22-13-16-33-17-14-22/h10,12-14,16-19,25H,5-9,11,15H2,1-4H3,(H,34,38)(H,35,37)(H,33,36,39). The van der Waals surface area contributed by atoms with Gasteiger partial charge in [0.25, 0.3) is 0 Å². The molecule has 222 valence electrons. The number of hydrogen-bond acceptors (Lipinski definition) is 8. The normalized spacial score (nSPS) is 13.6. The Morgan fingerprint density at radius 3 is 2.40 bits per heavy atom. The number of methoxy groups -OCH3 is 3. The van der Waals surface area contributed by atoms with E-state index >= 15 is 0 Å². The summed E-state index contributed by atoms with van der Waals surface area (Å²) in [6.07, 6.45) is 7.28. The zero-order chi connectivity index (χ0) is 30.1. The first-order chi connectivity index (χ1) is 20.4. The number of amides is 2. The minimum atomic E-state index is -0.363.